The Hall–Kier alpha value is -4.44. The minimum absolute atomic E-state index is 0.0282. The maximum Gasteiger partial charge on any atom is 0.408 e. The van der Waals surface area contributed by atoms with Gasteiger partial charge in [0.2, 0.25) is 11.8 Å². The molecule has 1 saturated heterocycles. The van der Waals surface area contributed by atoms with Crippen molar-refractivity contribution >= 4 is 45.0 Å². The molecular formula is C36H47N5O10S. The van der Waals surface area contributed by atoms with Crippen molar-refractivity contribution < 1.29 is 46.0 Å². The number of aromatic nitrogens is 1. The van der Waals surface area contributed by atoms with Crippen LogP contribution in [0, 0.1) is 11.3 Å². The van der Waals surface area contributed by atoms with Gasteiger partial charge in [-0.3, -0.25) is 23.6 Å². The maximum absolute atomic E-state index is 14.5. The molecule has 3 unspecified atom stereocenters. The van der Waals surface area contributed by atoms with E-state index in [-0.39, 0.29) is 25.5 Å². The smallest absolute Gasteiger partial charge is 0.408 e. The molecule has 15 nitrogen and oxygen atoms in total. The van der Waals surface area contributed by atoms with Crippen molar-refractivity contribution in [2.75, 3.05) is 13.7 Å². The van der Waals surface area contributed by atoms with Crippen LogP contribution >= 0.6 is 0 Å². The molecule has 16 heteroatoms. The number of nitrogens with one attached hydrogen (secondary N) is 3. The van der Waals surface area contributed by atoms with Gasteiger partial charge in [-0.25, -0.2) is 9.52 Å². The quantitative estimate of drug-likeness (QED) is 0.256. The summed E-state index contributed by atoms with van der Waals surface area (Å²) in [6.45, 7) is 9.11. The summed E-state index contributed by atoms with van der Waals surface area (Å²) in [5.41, 5.74) is -1.81. The number of pyridine rings is 1. The monoisotopic (exact) mass is 741 g/mol. The fourth-order valence-corrected chi connectivity index (χ4v) is 7.93. The minimum Gasteiger partial charge on any atom is -0.497 e. The summed E-state index contributed by atoms with van der Waals surface area (Å²) in [5, 5.41) is 6.20. The summed E-state index contributed by atoms with van der Waals surface area (Å²) in [6, 6.07) is 4.79. The number of hydrogen-bond acceptors (Lipinski definition) is 11. The molecule has 282 valence electrons. The van der Waals surface area contributed by atoms with Gasteiger partial charge in [-0.2, -0.15) is 8.42 Å². The molecule has 0 radical (unpaired) electrons. The molecule has 0 bridgehead atoms. The summed E-state index contributed by atoms with van der Waals surface area (Å²) in [4.78, 5) is 61.0. The van der Waals surface area contributed by atoms with E-state index >= 15 is 0 Å². The Morgan fingerprint density at radius 2 is 1.79 bits per heavy atom. The predicted octanol–water partition coefficient (Wildman–Crippen LogP) is 3.28. The normalized spacial score (nSPS) is 25.2. The molecule has 6 rings (SSSR count). The van der Waals surface area contributed by atoms with Gasteiger partial charge < -0.3 is 29.7 Å². The van der Waals surface area contributed by atoms with Gasteiger partial charge in [0.15, 0.2) is 0 Å². The predicted molar refractivity (Wildman–Crippen MR) is 188 cm³/mol. The van der Waals surface area contributed by atoms with Crippen molar-refractivity contribution in [3.8, 4) is 11.5 Å². The first-order valence-corrected chi connectivity index (χ1v) is 19.1. The Bertz CT molecular complexity index is 1840. The third-order valence-electron chi connectivity index (χ3n) is 10.1. The van der Waals surface area contributed by atoms with Gasteiger partial charge in [0.1, 0.15) is 41.3 Å². The van der Waals surface area contributed by atoms with Gasteiger partial charge in [-0.05, 0) is 68.6 Å². The third-order valence-corrected chi connectivity index (χ3v) is 11.0. The number of ether oxygens (including phenoxy) is 3. The number of amides is 4. The zero-order valence-electron chi connectivity index (χ0n) is 29.9. The Labute approximate surface area is 303 Å². The largest absolute Gasteiger partial charge is 0.497 e. The number of methoxy groups -OCH3 is 1. The lowest BCUT2D eigenvalue weighted by atomic mass is 9.85. The van der Waals surface area contributed by atoms with Crippen LogP contribution in [0.5, 0.6) is 11.5 Å². The molecule has 3 N–H and O–H groups in total. The van der Waals surface area contributed by atoms with Crippen LogP contribution in [0.4, 0.5) is 4.79 Å². The summed E-state index contributed by atoms with van der Waals surface area (Å²) in [7, 11) is -2.87. The van der Waals surface area contributed by atoms with Crippen molar-refractivity contribution in [3.63, 3.8) is 0 Å². The van der Waals surface area contributed by atoms with Gasteiger partial charge in [-0.15, -0.1) is 6.58 Å². The van der Waals surface area contributed by atoms with E-state index in [0.29, 0.717) is 35.2 Å². The second-order valence-electron chi connectivity index (χ2n) is 15.1. The van der Waals surface area contributed by atoms with Crippen LogP contribution < -0.4 is 24.8 Å². The topological polar surface area (TPSA) is 192 Å². The lowest BCUT2D eigenvalue weighted by molar-refractivity contribution is -0.143. The average Bonchev–Trinajstić information content (AvgIpc) is 3.92. The molecule has 1 aromatic heterocycles. The lowest BCUT2D eigenvalue weighted by Crippen LogP contribution is -2.60. The first-order valence-electron chi connectivity index (χ1n) is 17.7. The number of alkyl carbamates (subject to hydrolysis) is 1. The lowest BCUT2D eigenvalue weighted by Gasteiger charge is -2.35. The fourth-order valence-electron chi connectivity index (χ4n) is 6.92. The molecule has 1 aromatic carbocycles. The van der Waals surface area contributed by atoms with E-state index in [4.69, 9.17) is 18.4 Å². The van der Waals surface area contributed by atoms with Crippen LogP contribution in [0.3, 0.4) is 0 Å². The summed E-state index contributed by atoms with van der Waals surface area (Å²) in [5.74, 6) is -1.67. The fraction of sp³-hybridized carbons (Fsp3) is 0.583. The standard InChI is InChI=1S/C36H47N5O10S/c1-6-21-19-36(21,33(44)40-52(46,47)51-23-11-12-23)39-31(42)28-18-25(49-29-15-16-37-27-17-24(48-5)13-14-26(27)29)20-41(28)32(43)30(35(2,3)4)38-34(45)50-22-9-7-8-10-22/h6,13-17,21-23,25,28,30H,1,7-12,18-20H2,2-5H3,(H,38,45)(H,39,42)(H,40,44)/t21?,25-,28?,30?,36-/m1/s1. The Kier molecular flexibility index (Phi) is 10.4. The van der Waals surface area contributed by atoms with Crippen molar-refractivity contribution in [2.24, 2.45) is 11.3 Å². The number of hydrogen-bond donors (Lipinski definition) is 3. The number of carbonyl (C=O) groups excluding carboxylic acids is 4. The molecule has 2 aromatic rings. The third kappa shape index (κ3) is 8.27. The summed E-state index contributed by atoms with van der Waals surface area (Å²) < 4.78 is 49.4. The van der Waals surface area contributed by atoms with E-state index < -0.39 is 75.3 Å². The van der Waals surface area contributed by atoms with E-state index in [2.05, 4.69) is 22.2 Å². The van der Waals surface area contributed by atoms with E-state index in [9.17, 15) is 27.6 Å². The number of rotatable bonds is 13. The average molecular weight is 742 g/mol. The van der Waals surface area contributed by atoms with Crippen LogP contribution in [0.15, 0.2) is 43.1 Å². The number of likely N-dealkylation sites (tertiary alicyclic amines) is 1. The Balaban J connectivity index is 1.26. The van der Waals surface area contributed by atoms with Crippen LogP contribution in [-0.4, -0.2) is 91.7 Å². The molecule has 4 amide bonds. The molecule has 4 aliphatic rings. The van der Waals surface area contributed by atoms with Crippen LogP contribution in [-0.2, 0) is 33.6 Å². The van der Waals surface area contributed by atoms with Crippen molar-refractivity contribution in [2.45, 2.75) is 108 Å². The van der Waals surface area contributed by atoms with Gasteiger partial charge in [0, 0.05) is 30.0 Å². The molecular weight excluding hydrogens is 694 g/mol. The van der Waals surface area contributed by atoms with Gasteiger partial charge >= 0.3 is 16.4 Å². The van der Waals surface area contributed by atoms with Gasteiger partial charge in [0.25, 0.3) is 5.91 Å². The zero-order chi connectivity index (χ0) is 37.4. The molecule has 2 heterocycles. The number of benzene rings is 1. The summed E-state index contributed by atoms with van der Waals surface area (Å²) >= 11 is 0. The molecule has 4 fully saturated rings. The number of fused-ring (bicyclic) bond motifs is 1. The van der Waals surface area contributed by atoms with Crippen molar-refractivity contribution in [1.82, 2.24) is 25.2 Å². The second kappa shape index (κ2) is 14.5. The molecule has 3 aliphatic carbocycles. The van der Waals surface area contributed by atoms with Crippen LogP contribution in [0.2, 0.25) is 0 Å². The maximum atomic E-state index is 14.5. The first kappa shape index (κ1) is 37.3. The highest BCUT2D eigenvalue weighted by Crippen LogP contribution is 2.45. The first-order chi connectivity index (χ1) is 24.6. The van der Waals surface area contributed by atoms with Crippen LogP contribution in [0.25, 0.3) is 10.9 Å². The van der Waals surface area contributed by atoms with Crippen LogP contribution in [0.1, 0.15) is 72.1 Å². The zero-order valence-corrected chi connectivity index (χ0v) is 30.7. The number of nitrogens with zero attached hydrogens (tertiary/aromatic N) is 2. The molecule has 0 spiro atoms. The van der Waals surface area contributed by atoms with E-state index in [1.165, 1.54) is 11.0 Å². The van der Waals surface area contributed by atoms with E-state index in [0.717, 1.165) is 25.7 Å². The van der Waals surface area contributed by atoms with Gasteiger partial charge in [0.05, 0.1) is 25.3 Å². The highest BCUT2D eigenvalue weighted by atomic mass is 32.2. The highest BCUT2D eigenvalue weighted by Gasteiger charge is 2.62. The Morgan fingerprint density at radius 3 is 2.42 bits per heavy atom. The molecule has 52 heavy (non-hydrogen) atoms. The van der Waals surface area contributed by atoms with Crippen molar-refractivity contribution in [1.29, 1.82) is 0 Å². The minimum atomic E-state index is -4.42. The van der Waals surface area contributed by atoms with E-state index in [1.807, 2.05) is 4.72 Å². The SMILES string of the molecule is C=CC1C[C@]1(NC(=O)C1C[C@@H](Oc2ccnc3cc(OC)ccc23)CN1C(=O)C(NC(=O)OC1CCCC1)C(C)(C)C)C(=O)NS(=O)(=O)OC1CC1. The molecule has 1 aliphatic heterocycles. The molecule has 3 saturated carbocycles. The number of carbonyl (C=O) groups is 4. The van der Waals surface area contributed by atoms with Gasteiger partial charge in [-0.1, -0.05) is 26.8 Å². The van der Waals surface area contributed by atoms with E-state index in [1.54, 1.807) is 58.3 Å². The summed E-state index contributed by atoms with van der Waals surface area (Å²) in [6.07, 6.45) is 5.59. The Morgan fingerprint density at radius 1 is 1.06 bits per heavy atom. The van der Waals surface area contributed by atoms with Crippen molar-refractivity contribution in [3.05, 3.63) is 43.1 Å². The highest BCUT2D eigenvalue weighted by molar-refractivity contribution is 7.85. The molecule has 5 atom stereocenters. The second-order valence-corrected chi connectivity index (χ2v) is 16.4.